The quantitative estimate of drug-likeness (QED) is 0.215. The number of nitrogens with one attached hydrogen (secondary N) is 2. The van der Waals surface area contributed by atoms with Gasteiger partial charge < -0.3 is 20.3 Å². The number of thiophene rings is 1. The zero-order valence-electron chi connectivity index (χ0n) is 25.7. The summed E-state index contributed by atoms with van der Waals surface area (Å²) in [4.78, 5) is 51.6. The number of rotatable bonds is 8. The third kappa shape index (κ3) is 6.08. The molecule has 3 aliphatic rings. The molecule has 0 spiro atoms. The smallest absolute Gasteiger partial charge is 0.331 e. The van der Waals surface area contributed by atoms with Gasteiger partial charge in [0, 0.05) is 37.9 Å². The van der Waals surface area contributed by atoms with Crippen LogP contribution in [0.5, 0.6) is 11.5 Å². The minimum atomic E-state index is -0.359. The predicted octanol–water partition coefficient (Wildman–Crippen LogP) is 6.45. The first kappa shape index (κ1) is 29.9. The lowest BCUT2D eigenvalue weighted by Gasteiger charge is -2.32. The number of aryl methyl sites for hydroxylation is 1. The second-order valence-corrected chi connectivity index (χ2v) is 13.0. The minimum Gasteiger partial charge on any atom is -0.457 e. The molecule has 1 unspecified atom stereocenters. The first-order valence-electron chi connectivity index (χ1n) is 15.8. The molecule has 5 heterocycles. The highest BCUT2D eigenvalue weighted by Crippen LogP contribution is 2.46. The first-order valence-corrected chi connectivity index (χ1v) is 16.6. The van der Waals surface area contributed by atoms with Crippen molar-refractivity contribution in [2.45, 2.75) is 38.6 Å². The van der Waals surface area contributed by atoms with Crippen molar-refractivity contribution in [1.82, 2.24) is 20.1 Å². The summed E-state index contributed by atoms with van der Waals surface area (Å²) in [6.07, 6.45) is 9.29. The maximum atomic E-state index is 13.7. The molecule has 4 aromatic rings. The number of para-hydroxylation sites is 1. The number of carbonyl (C=O) groups excluding carboxylic acids is 3. The molecule has 4 amide bonds. The number of hydrogen-bond donors (Lipinski definition) is 2. The van der Waals surface area contributed by atoms with Crippen LogP contribution in [0.25, 0.3) is 10.2 Å². The number of hydrogen-bond acceptors (Lipinski definition) is 7. The van der Waals surface area contributed by atoms with Gasteiger partial charge in [0.2, 0.25) is 5.91 Å². The van der Waals surface area contributed by atoms with Gasteiger partial charge in [-0.2, -0.15) is 0 Å². The number of amides is 4. The summed E-state index contributed by atoms with van der Waals surface area (Å²) in [5.41, 5.74) is 2.69. The van der Waals surface area contributed by atoms with Crippen LogP contribution >= 0.6 is 11.3 Å². The van der Waals surface area contributed by atoms with E-state index in [2.05, 4.69) is 20.5 Å². The van der Waals surface area contributed by atoms with Crippen molar-refractivity contribution < 1.29 is 19.1 Å². The Bertz CT molecular complexity index is 1820. The molecule has 3 aliphatic heterocycles. The van der Waals surface area contributed by atoms with Crippen LogP contribution in [0.2, 0.25) is 0 Å². The molecular weight excluding hydrogens is 600 g/mol. The molecule has 2 aromatic heterocycles. The SMILES string of the molecule is Cc1cc(Oc2ccccc2)ccc1N1C(=O)Nc2c(C(=O)NC3CCCN(C(=O)/C=C/CN4CCCC4)C3)sc3nccc1c23. The normalized spacial score (nSPS) is 18.3. The number of likely N-dealkylation sites (tertiary alicyclic amines) is 2. The average molecular weight is 637 g/mol. The van der Waals surface area contributed by atoms with Gasteiger partial charge in [0.1, 0.15) is 21.2 Å². The molecule has 0 saturated carbocycles. The molecule has 7 rings (SSSR count). The zero-order valence-corrected chi connectivity index (χ0v) is 26.5. The number of aromatic nitrogens is 1. The van der Waals surface area contributed by atoms with E-state index in [9.17, 15) is 14.4 Å². The van der Waals surface area contributed by atoms with Gasteiger partial charge >= 0.3 is 6.03 Å². The molecular formula is C35H36N6O4S. The summed E-state index contributed by atoms with van der Waals surface area (Å²) >= 11 is 1.26. The maximum Gasteiger partial charge on any atom is 0.331 e. The predicted molar refractivity (Wildman–Crippen MR) is 180 cm³/mol. The number of piperidine rings is 1. The Morgan fingerprint density at radius 3 is 2.67 bits per heavy atom. The molecule has 2 aromatic carbocycles. The van der Waals surface area contributed by atoms with Crippen LogP contribution in [0.3, 0.4) is 0 Å². The maximum absolute atomic E-state index is 13.7. The lowest BCUT2D eigenvalue weighted by Crippen LogP contribution is -2.49. The Morgan fingerprint density at radius 2 is 1.87 bits per heavy atom. The van der Waals surface area contributed by atoms with Crippen LogP contribution in [0.15, 0.2) is 72.9 Å². The fourth-order valence-corrected chi connectivity index (χ4v) is 7.49. The lowest BCUT2D eigenvalue weighted by molar-refractivity contribution is -0.127. The van der Waals surface area contributed by atoms with Crippen molar-refractivity contribution in [2.24, 2.45) is 0 Å². The number of ether oxygens (including phenoxy) is 1. The third-order valence-electron chi connectivity index (χ3n) is 8.73. The Labute approximate surface area is 271 Å². The highest BCUT2D eigenvalue weighted by Gasteiger charge is 2.34. The minimum absolute atomic E-state index is 0.0220. The van der Waals surface area contributed by atoms with E-state index in [1.54, 1.807) is 23.2 Å². The molecule has 2 saturated heterocycles. The Morgan fingerprint density at radius 1 is 1.04 bits per heavy atom. The zero-order chi connectivity index (χ0) is 31.6. The Kier molecular flexibility index (Phi) is 8.42. The molecule has 0 radical (unpaired) electrons. The molecule has 236 valence electrons. The van der Waals surface area contributed by atoms with Gasteiger partial charge in [-0.3, -0.25) is 19.4 Å². The largest absolute Gasteiger partial charge is 0.457 e. The first-order chi connectivity index (χ1) is 22.4. The number of nitrogens with zero attached hydrogens (tertiary/aromatic N) is 4. The van der Waals surface area contributed by atoms with Crippen molar-refractivity contribution in [2.75, 3.05) is 42.9 Å². The summed E-state index contributed by atoms with van der Waals surface area (Å²) in [7, 11) is 0. The number of benzene rings is 2. The monoisotopic (exact) mass is 636 g/mol. The summed E-state index contributed by atoms with van der Waals surface area (Å²) in [6, 6.07) is 16.4. The highest BCUT2D eigenvalue weighted by atomic mass is 32.1. The van der Waals surface area contributed by atoms with Gasteiger partial charge in [-0.25, -0.2) is 9.78 Å². The van der Waals surface area contributed by atoms with Crippen LogP contribution in [0.4, 0.5) is 21.9 Å². The summed E-state index contributed by atoms with van der Waals surface area (Å²) in [5, 5.41) is 6.84. The van der Waals surface area contributed by atoms with Crippen molar-refractivity contribution >= 4 is 56.5 Å². The van der Waals surface area contributed by atoms with Gasteiger partial charge in [-0.05, 0) is 87.7 Å². The Hall–Kier alpha value is -4.74. The van der Waals surface area contributed by atoms with Gasteiger partial charge in [0.25, 0.3) is 5.91 Å². The molecule has 2 fully saturated rings. The number of pyridine rings is 1. The van der Waals surface area contributed by atoms with Crippen LogP contribution < -0.4 is 20.3 Å². The standard InChI is InChI=1S/C35H36N6O4S/c1-23-21-26(45-25-10-3-2-4-11-25)13-14-27(23)41-28-15-16-36-34-30(28)31(38-35(41)44)32(46-34)33(43)37-24-9-7-20-40(22-24)29(42)12-8-19-39-17-5-6-18-39/h2-4,8,10-16,21,24H,5-7,9,17-20,22H2,1H3,(H,37,43)(H,38,44)/b12-8+. The van der Waals surface area contributed by atoms with Crippen molar-refractivity contribution in [3.63, 3.8) is 0 Å². The van der Waals surface area contributed by atoms with Gasteiger partial charge in [0.15, 0.2) is 0 Å². The van der Waals surface area contributed by atoms with E-state index in [4.69, 9.17) is 4.74 Å². The van der Waals surface area contributed by atoms with Gasteiger partial charge in [0.05, 0.1) is 22.4 Å². The van der Waals surface area contributed by atoms with E-state index >= 15 is 0 Å². The fourth-order valence-electron chi connectivity index (χ4n) is 6.47. The van der Waals surface area contributed by atoms with Gasteiger partial charge in [-0.15, -0.1) is 11.3 Å². The second-order valence-electron chi connectivity index (χ2n) is 12.0. The summed E-state index contributed by atoms with van der Waals surface area (Å²) < 4.78 is 5.99. The molecule has 0 aliphatic carbocycles. The Balaban J connectivity index is 1.08. The van der Waals surface area contributed by atoms with Crippen molar-refractivity contribution in [1.29, 1.82) is 0 Å². The lowest BCUT2D eigenvalue weighted by atomic mass is 10.0. The van der Waals surface area contributed by atoms with Crippen LogP contribution in [-0.2, 0) is 4.79 Å². The molecule has 2 N–H and O–H groups in total. The average Bonchev–Trinajstić information content (AvgIpc) is 3.71. The van der Waals surface area contributed by atoms with E-state index in [0.717, 1.165) is 49.2 Å². The van der Waals surface area contributed by atoms with Gasteiger partial charge in [-0.1, -0.05) is 24.3 Å². The van der Waals surface area contributed by atoms with Crippen LogP contribution in [0, 0.1) is 6.92 Å². The molecule has 46 heavy (non-hydrogen) atoms. The van der Waals surface area contributed by atoms with E-state index in [1.807, 2.05) is 66.4 Å². The second kappa shape index (κ2) is 12.9. The number of anilines is 3. The van der Waals surface area contributed by atoms with Crippen molar-refractivity contribution in [3.8, 4) is 11.5 Å². The molecule has 11 heteroatoms. The summed E-state index contributed by atoms with van der Waals surface area (Å²) in [6.45, 7) is 6.02. The highest BCUT2D eigenvalue weighted by molar-refractivity contribution is 7.21. The number of urea groups is 1. The summed E-state index contributed by atoms with van der Waals surface area (Å²) in [5.74, 6) is 1.10. The van der Waals surface area contributed by atoms with E-state index < -0.39 is 0 Å². The van der Waals surface area contributed by atoms with Crippen LogP contribution in [-0.4, -0.2) is 71.4 Å². The molecule has 10 nitrogen and oxygen atoms in total. The van der Waals surface area contributed by atoms with Crippen LogP contribution in [0.1, 0.15) is 40.9 Å². The van der Waals surface area contributed by atoms with E-state index in [0.29, 0.717) is 45.6 Å². The number of carbonyl (C=O) groups is 3. The van der Waals surface area contributed by atoms with E-state index in [1.165, 1.54) is 24.2 Å². The third-order valence-corrected chi connectivity index (χ3v) is 9.83. The molecule has 0 bridgehead atoms. The molecule has 1 atom stereocenters. The topological polar surface area (TPSA) is 107 Å². The van der Waals surface area contributed by atoms with E-state index in [-0.39, 0.29) is 23.9 Å². The fraction of sp³-hybridized carbons (Fsp3) is 0.314. The van der Waals surface area contributed by atoms with Crippen molar-refractivity contribution in [3.05, 3.63) is 83.4 Å².